The van der Waals surface area contributed by atoms with E-state index in [9.17, 15) is 4.79 Å². The molecule has 3 N–H and O–H groups in total. The SMILES string of the molecule is CCNC(=NCCc1cccc(Cl)c1)NCCNC(=O)C(C)C.I. The molecule has 1 amide bonds. The Hall–Kier alpha value is -1.02. The number of hydrogen-bond donors (Lipinski definition) is 3. The first-order valence-electron chi connectivity index (χ1n) is 8.07. The first-order chi connectivity index (χ1) is 11.0. The minimum atomic E-state index is 0. The van der Waals surface area contributed by atoms with Gasteiger partial charge in [0.1, 0.15) is 0 Å². The average Bonchev–Trinajstić information content (AvgIpc) is 2.51. The predicted molar refractivity (Wildman–Crippen MR) is 112 cm³/mol. The molecule has 7 heteroatoms. The first kappa shape index (κ1) is 23.0. The highest BCUT2D eigenvalue weighted by molar-refractivity contribution is 14.0. The summed E-state index contributed by atoms with van der Waals surface area (Å²) in [5.74, 6) is 0.831. The van der Waals surface area contributed by atoms with Gasteiger partial charge < -0.3 is 16.0 Å². The molecule has 0 unspecified atom stereocenters. The maximum Gasteiger partial charge on any atom is 0.222 e. The number of benzene rings is 1. The van der Waals surface area contributed by atoms with Gasteiger partial charge in [0.05, 0.1) is 0 Å². The predicted octanol–water partition coefficient (Wildman–Crippen LogP) is 2.83. The third-order valence-electron chi connectivity index (χ3n) is 3.14. The van der Waals surface area contributed by atoms with Gasteiger partial charge in [-0.3, -0.25) is 9.79 Å². The molecule has 0 aliphatic heterocycles. The molecule has 5 nitrogen and oxygen atoms in total. The van der Waals surface area contributed by atoms with Crippen molar-refractivity contribution < 1.29 is 4.79 Å². The fourth-order valence-corrected chi connectivity index (χ4v) is 2.11. The van der Waals surface area contributed by atoms with Crippen LogP contribution in [-0.2, 0) is 11.2 Å². The average molecular weight is 467 g/mol. The van der Waals surface area contributed by atoms with Crippen LogP contribution in [0.4, 0.5) is 0 Å². The molecule has 0 spiro atoms. The number of carbonyl (C=O) groups excluding carboxylic acids is 1. The number of amides is 1. The van der Waals surface area contributed by atoms with Crippen molar-refractivity contribution in [2.75, 3.05) is 26.2 Å². The van der Waals surface area contributed by atoms with Crippen LogP contribution in [0.15, 0.2) is 29.3 Å². The van der Waals surface area contributed by atoms with Crippen molar-refractivity contribution in [2.45, 2.75) is 27.2 Å². The van der Waals surface area contributed by atoms with Gasteiger partial charge in [-0.25, -0.2) is 0 Å². The Bertz CT molecular complexity index is 523. The third kappa shape index (κ3) is 9.97. The van der Waals surface area contributed by atoms with Crippen molar-refractivity contribution in [3.8, 4) is 0 Å². The van der Waals surface area contributed by atoms with Crippen LogP contribution in [0.5, 0.6) is 0 Å². The molecule has 0 atom stereocenters. The summed E-state index contributed by atoms with van der Waals surface area (Å²) in [6, 6.07) is 7.82. The summed E-state index contributed by atoms with van der Waals surface area (Å²) >= 11 is 5.97. The van der Waals surface area contributed by atoms with Gasteiger partial charge in [-0.1, -0.05) is 37.6 Å². The van der Waals surface area contributed by atoms with E-state index in [1.165, 1.54) is 5.56 Å². The zero-order valence-corrected chi connectivity index (χ0v) is 17.7. The van der Waals surface area contributed by atoms with Crippen LogP contribution in [0, 0.1) is 5.92 Å². The maximum absolute atomic E-state index is 11.5. The van der Waals surface area contributed by atoms with Crippen molar-refractivity contribution in [3.63, 3.8) is 0 Å². The molecule has 1 aromatic carbocycles. The van der Waals surface area contributed by atoms with Crippen molar-refractivity contribution in [3.05, 3.63) is 34.9 Å². The molecule has 0 aliphatic carbocycles. The number of hydrogen-bond acceptors (Lipinski definition) is 2. The van der Waals surface area contributed by atoms with Gasteiger partial charge in [0.2, 0.25) is 5.91 Å². The van der Waals surface area contributed by atoms with Crippen LogP contribution in [-0.4, -0.2) is 38.0 Å². The Balaban J connectivity index is 0.00000529. The number of nitrogens with zero attached hydrogens (tertiary/aromatic N) is 1. The molecule has 0 radical (unpaired) electrons. The molecule has 0 aliphatic rings. The molecule has 0 saturated heterocycles. The minimum Gasteiger partial charge on any atom is -0.357 e. The Morgan fingerprint density at radius 3 is 2.54 bits per heavy atom. The summed E-state index contributed by atoms with van der Waals surface area (Å²) in [6.45, 7) is 8.47. The molecule has 0 aromatic heterocycles. The van der Waals surface area contributed by atoms with Gasteiger partial charge in [-0.2, -0.15) is 0 Å². The van der Waals surface area contributed by atoms with E-state index in [0.29, 0.717) is 19.6 Å². The van der Waals surface area contributed by atoms with E-state index < -0.39 is 0 Å². The zero-order valence-electron chi connectivity index (χ0n) is 14.6. The molecule has 0 saturated carbocycles. The Morgan fingerprint density at radius 2 is 1.92 bits per heavy atom. The van der Waals surface area contributed by atoms with E-state index in [4.69, 9.17) is 11.6 Å². The fraction of sp³-hybridized carbons (Fsp3) is 0.529. The van der Waals surface area contributed by atoms with E-state index in [1.54, 1.807) is 0 Å². The zero-order chi connectivity index (χ0) is 17.1. The normalized spacial score (nSPS) is 11.0. The number of guanidine groups is 1. The largest absolute Gasteiger partial charge is 0.357 e. The molecular formula is C17H28ClIN4O. The molecule has 0 heterocycles. The van der Waals surface area contributed by atoms with Crippen molar-refractivity contribution in [1.29, 1.82) is 0 Å². The molecule has 0 bridgehead atoms. The summed E-state index contributed by atoms with van der Waals surface area (Å²) in [5, 5.41) is 10.0. The van der Waals surface area contributed by atoms with E-state index >= 15 is 0 Å². The van der Waals surface area contributed by atoms with E-state index in [2.05, 4.69) is 20.9 Å². The second kappa shape index (κ2) is 13.3. The molecule has 1 aromatic rings. The topological polar surface area (TPSA) is 65.5 Å². The van der Waals surface area contributed by atoms with Gasteiger partial charge in [-0.15, -0.1) is 24.0 Å². The van der Waals surface area contributed by atoms with Crippen LogP contribution in [0.3, 0.4) is 0 Å². The standard InChI is InChI=1S/C17H27ClN4O.HI/c1-4-19-17(22-11-10-20-16(23)13(2)3)21-9-8-14-6-5-7-15(18)12-14;/h5-7,12-13H,4,8-11H2,1-3H3,(H,20,23)(H2,19,21,22);1H. The lowest BCUT2D eigenvalue weighted by Crippen LogP contribution is -2.42. The lowest BCUT2D eigenvalue weighted by atomic mass is 10.1. The summed E-state index contributed by atoms with van der Waals surface area (Å²) in [4.78, 5) is 16.0. The monoisotopic (exact) mass is 466 g/mol. The summed E-state index contributed by atoms with van der Waals surface area (Å²) in [6.07, 6.45) is 0.835. The highest BCUT2D eigenvalue weighted by Gasteiger charge is 2.05. The second-order valence-electron chi connectivity index (χ2n) is 5.51. The Morgan fingerprint density at radius 1 is 1.21 bits per heavy atom. The van der Waals surface area contributed by atoms with Gasteiger partial charge in [0.25, 0.3) is 0 Å². The molecular weight excluding hydrogens is 439 g/mol. The molecule has 24 heavy (non-hydrogen) atoms. The molecule has 1 rings (SSSR count). The number of rotatable bonds is 8. The number of halogens is 2. The van der Waals surface area contributed by atoms with Crippen LogP contribution in [0.2, 0.25) is 5.02 Å². The van der Waals surface area contributed by atoms with Gasteiger partial charge in [-0.05, 0) is 31.0 Å². The van der Waals surface area contributed by atoms with Crippen molar-refractivity contribution >= 4 is 47.4 Å². The number of carbonyl (C=O) groups is 1. The Labute approximate surface area is 167 Å². The lowest BCUT2D eigenvalue weighted by molar-refractivity contribution is -0.123. The van der Waals surface area contributed by atoms with E-state index in [0.717, 1.165) is 23.9 Å². The van der Waals surface area contributed by atoms with Gasteiger partial charge in [0.15, 0.2) is 5.96 Å². The summed E-state index contributed by atoms with van der Waals surface area (Å²) < 4.78 is 0. The van der Waals surface area contributed by atoms with E-state index in [1.807, 2.05) is 45.0 Å². The van der Waals surface area contributed by atoms with Crippen LogP contribution >= 0.6 is 35.6 Å². The summed E-state index contributed by atoms with van der Waals surface area (Å²) in [7, 11) is 0. The smallest absolute Gasteiger partial charge is 0.222 e. The highest BCUT2D eigenvalue weighted by Crippen LogP contribution is 2.10. The van der Waals surface area contributed by atoms with Gasteiger partial charge >= 0.3 is 0 Å². The number of nitrogens with one attached hydrogen (secondary N) is 3. The Kier molecular flexibility index (Phi) is 12.7. The molecule has 0 fully saturated rings. The van der Waals surface area contributed by atoms with Gasteiger partial charge in [0, 0.05) is 37.1 Å². The van der Waals surface area contributed by atoms with Crippen LogP contribution in [0.25, 0.3) is 0 Å². The number of aliphatic imine (C=N–C) groups is 1. The first-order valence-corrected chi connectivity index (χ1v) is 8.45. The fourth-order valence-electron chi connectivity index (χ4n) is 1.90. The second-order valence-corrected chi connectivity index (χ2v) is 5.95. The molecule has 136 valence electrons. The third-order valence-corrected chi connectivity index (χ3v) is 3.38. The van der Waals surface area contributed by atoms with Crippen LogP contribution in [0.1, 0.15) is 26.3 Å². The maximum atomic E-state index is 11.5. The van der Waals surface area contributed by atoms with Crippen molar-refractivity contribution in [1.82, 2.24) is 16.0 Å². The lowest BCUT2D eigenvalue weighted by Gasteiger charge is -2.12. The highest BCUT2D eigenvalue weighted by atomic mass is 127. The quantitative estimate of drug-likeness (QED) is 0.239. The minimum absolute atomic E-state index is 0. The van der Waals surface area contributed by atoms with E-state index in [-0.39, 0.29) is 35.8 Å². The van der Waals surface area contributed by atoms with Crippen molar-refractivity contribution in [2.24, 2.45) is 10.9 Å². The summed E-state index contributed by atoms with van der Waals surface area (Å²) in [5.41, 5.74) is 1.17. The van der Waals surface area contributed by atoms with Crippen LogP contribution < -0.4 is 16.0 Å².